The highest BCUT2D eigenvalue weighted by Gasteiger charge is 2.45. The highest BCUT2D eigenvalue weighted by atomic mass is 19.4. The SMILES string of the molecule is NC(=O)CC1(C2CCN(C(=O)c3cc(C(F)(F)F)cc(C(F)(F)F)c3)C(Cc3ccccc3)C2)C=CC=N1. The molecule has 38 heavy (non-hydrogen) atoms. The average Bonchev–Trinajstić information content (AvgIpc) is 3.32. The molecular weight excluding hydrogens is 512 g/mol. The van der Waals surface area contributed by atoms with Crippen LogP contribution in [-0.2, 0) is 23.6 Å². The summed E-state index contributed by atoms with van der Waals surface area (Å²) in [5.74, 6) is -1.71. The smallest absolute Gasteiger partial charge is 0.370 e. The van der Waals surface area contributed by atoms with E-state index in [9.17, 15) is 35.9 Å². The van der Waals surface area contributed by atoms with Crippen molar-refractivity contribution in [2.75, 3.05) is 6.54 Å². The molecule has 0 saturated carbocycles. The fourth-order valence-electron chi connectivity index (χ4n) is 5.30. The van der Waals surface area contributed by atoms with Crippen molar-refractivity contribution in [1.82, 2.24) is 4.90 Å². The molecule has 11 heteroatoms. The predicted molar refractivity (Wildman–Crippen MR) is 128 cm³/mol. The molecule has 2 aromatic rings. The van der Waals surface area contributed by atoms with Gasteiger partial charge in [-0.1, -0.05) is 36.4 Å². The number of alkyl halides is 6. The molecule has 2 aliphatic rings. The highest BCUT2D eigenvalue weighted by Crippen LogP contribution is 2.41. The topological polar surface area (TPSA) is 75.8 Å². The molecule has 3 unspecified atom stereocenters. The number of primary amides is 1. The van der Waals surface area contributed by atoms with Crippen LogP contribution in [-0.4, -0.2) is 41.1 Å². The number of aliphatic imine (C=N–C) groups is 1. The number of rotatable bonds is 6. The first-order valence-corrected chi connectivity index (χ1v) is 11.9. The summed E-state index contributed by atoms with van der Waals surface area (Å²) in [5.41, 5.74) is 1.63. The third kappa shape index (κ3) is 5.92. The van der Waals surface area contributed by atoms with Crippen LogP contribution in [0.1, 0.15) is 46.3 Å². The van der Waals surface area contributed by atoms with E-state index in [2.05, 4.69) is 4.99 Å². The van der Waals surface area contributed by atoms with Crippen molar-refractivity contribution in [3.05, 3.63) is 82.9 Å². The molecule has 1 fully saturated rings. The van der Waals surface area contributed by atoms with Crippen LogP contribution in [0.25, 0.3) is 0 Å². The highest BCUT2D eigenvalue weighted by molar-refractivity contribution is 5.95. The van der Waals surface area contributed by atoms with E-state index in [1.54, 1.807) is 36.6 Å². The lowest BCUT2D eigenvalue weighted by atomic mass is 9.73. The summed E-state index contributed by atoms with van der Waals surface area (Å²) in [5, 5.41) is 0. The number of carbonyl (C=O) groups is 2. The Morgan fingerprint density at radius 2 is 1.63 bits per heavy atom. The number of piperidine rings is 1. The van der Waals surface area contributed by atoms with Crippen LogP contribution in [0, 0.1) is 5.92 Å². The molecule has 2 aliphatic heterocycles. The van der Waals surface area contributed by atoms with Gasteiger partial charge in [0.15, 0.2) is 0 Å². The van der Waals surface area contributed by atoms with Crippen molar-refractivity contribution in [2.24, 2.45) is 16.6 Å². The Balaban J connectivity index is 1.70. The van der Waals surface area contributed by atoms with Gasteiger partial charge in [-0.05, 0) is 55.0 Å². The maximum Gasteiger partial charge on any atom is 0.416 e. The zero-order valence-corrected chi connectivity index (χ0v) is 20.1. The van der Waals surface area contributed by atoms with Gasteiger partial charge in [0.25, 0.3) is 5.91 Å². The standard InChI is InChI=1S/C27H25F6N3O2/c28-26(29,30)20-12-18(13-21(14-20)27(31,32)33)24(38)36-10-7-19(25(16-23(34)37)8-4-9-35-25)15-22(36)11-17-5-2-1-3-6-17/h1-6,8-9,12-14,19,22H,7,10-11,15-16H2,(H2,34,37). The molecule has 202 valence electrons. The minimum Gasteiger partial charge on any atom is -0.370 e. The number of halogens is 6. The van der Waals surface area contributed by atoms with Crippen LogP contribution in [0.4, 0.5) is 26.3 Å². The second-order valence-corrected chi connectivity index (χ2v) is 9.63. The molecule has 0 bridgehead atoms. The molecule has 0 radical (unpaired) electrons. The summed E-state index contributed by atoms with van der Waals surface area (Å²) in [4.78, 5) is 31.2. The zero-order chi connectivity index (χ0) is 27.7. The molecule has 2 aromatic carbocycles. The van der Waals surface area contributed by atoms with E-state index in [-0.39, 0.29) is 24.9 Å². The quantitative estimate of drug-likeness (QED) is 0.498. The molecule has 2 amide bonds. The first-order valence-electron chi connectivity index (χ1n) is 11.9. The van der Waals surface area contributed by atoms with Crippen molar-refractivity contribution in [3.63, 3.8) is 0 Å². The number of hydrogen-bond donors (Lipinski definition) is 1. The Labute approximate surface area is 215 Å². The van der Waals surface area contributed by atoms with E-state index in [1.165, 1.54) is 4.90 Å². The van der Waals surface area contributed by atoms with Gasteiger partial charge in [0.2, 0.25) is 5.91 Å². The van der Waals surface area contributed by atoms with Crippen LogP contribution in [0.2, 0.25) is 0 Å². The lowest BCUT2D eigenvalue weighted by Gasteiger charge is -2.44. The summed E-state index contributed by atoms with van der Waals surface area (Å²) in [7, 11) is 0. The molecule has 3 atom stereocenters. The molecule has 4 rings (SSSR count). The molecule has 0 spiro atoms. The minimum atomic E-state index is -5.07. The number of benzene rings is 2. The van der Waals surface area contributed by atoms with Gasteiger partial charge in [0, 0.05) is 24.4 Å². The first-order chi connectivity index (χ1) is 17.8. The van der Waals surface area contributed by atoms with Crippen LogP contribution >= 0.6 is 0 Å². The Kier molecular flexibility index (Phi) is 7.40. The zero-order valence-electron chi connectivity index (χ0n) is 20.1. The monoisotopic (exact) mass is 537 g/mol. The van der Waals surface area contributed by atoms with Gasteiger partial charge < -0.3 is 10.6 Å². The first kappa shape index (κ1) is 27.4. The van der Waals surface area contributed by atoms with Crippen LogP contribution in [0.15, 0.2) is 65.7 Å². The second kappa shape index (κ2) is 10.3. The molecule has 2 N–H and O–H groups in total. The summed E-state index contributed by atoms with van der Waals surface area (Å²) in [6.45, 7) is 0.0580. The molecule has 0 aromatic heterocycles. The Morgan fingerprint density at radius 1 is 1.00 bits per heavy atom. The Bertz CT molecular complexity index is 1210. The third-order valence-corrected chi connectivity index (χ3v) is 7.08. The summed E-state index contributed by atoms with van der Waals surface area (Å²) < 4.78 is 80.6. The number of carbonyl (C=O) groups excluding carboxylic acids is 2. The number of amides is 2. The number of hydrogen-bond acceptors (Lipinski definition) is 3. The van der Waals surface area contributed by atoms with Gasteiger partial charge in [-0.25, -0.2) is 0 Å². The lowest BCUT2D eigenvalue weighted by Crippen LogP contribution is -2.52. The molecular formula is C27H25F6N3O2. The number of allylic oxidation sites excluding steroid dienone is 1. The maximum atomic E-state index is 13.5. The van der Waals surface area contributed by atoms with Gasteiger partial charge in [0.1, 0.15) is 0 Å². The molecule has 1 saturated heterocycles. The van der Waals surface area contributed by atoms with E-state index in [1.807, 2.05) is 12.1 Å². The van der Waals surface area contributed by atoms with Gasteiger partial charge in [-0.2, -0.15) is 26.3 Å². The number of nitrogens with zero attached hydrogens (tertiary/aromatic N) is 2. The van der Waals surface area contributed by atoms with Gasteiger partial charge in [0.05, 0.1) is 23.1 Å². The predicted octanol–water partition coefficient (Wildman–Crippen LogP) is 5.44. The van der Waals surface area contributed by atoms with Crippen LogP contribution in [0.3, 0.4) is 0 Å². The summed E-state index contributed by atoms with van der Waals surface area (Å²) >= 11 is 0. The van der Waals surface area contributed by atoms with E-state index in [0.717, 1.165) is 5.56 Å². The second-order valence-electron chi connectivity index (χ2n) is 9.63. The van der Waals surface area contributed by atoms with Gasteiger partial charge in [-0.15, -0.1) is 0 Å². The van der Waals surface area contributed by atoms with E-state index < -0.39 is 52.4 Å². The largest absolute Gasteiger partial charge is 0.416 e. The van der Waals surface area contributed by atoms with E-state index in [4.69, 9.17) is 5.73 Å². The van der Waals surface area contributed by atoms with Crippen LogP contribution < -0.4 is 5.73 Å². The van der Waals surface area contributed by atoms with Crippen LogP contribution in [0.5, 0.6) is 0 Å². The van der Waals surface area contributed by atoms with E-state index >= 15 is 0 Å². The molecule has 2 heterocycles. The Hall–Kier alpha value is -3.63. The fraction of sp³-hybridized carbons (Fsp3) is 0.370. The van der Waals surface area contributed by atoms with Gasteiger partial charge >= 0.3 is 12.4 Å². The molecule has 0 aliphatic carbocycles. The van der Waals surface area contributed by atoms with Crippen molar-refractivity contribution < 1.29 is 35.9 Å². The number of nitrogens with two attached hydrogens (primary N) is 1. The van der Waals surface area contributed by atoms with Crippen molar-refractivity contribution in [1.29, 1.82) is 0 Å². The third-order valence-electron chi connectivity index (χ3n) is 7.08. The Morgan fingerprint density at radius 3 is 2.16 bits per heavy atom. The van der Waals surface area contributed by atoms with E-state index in [0.29, 0.717) is 31.4 Å². The minimum absolute atomic E-state index is 0.00247. The molecule has 5 nitrogen and oxygen atoms in total. The average molecular weight is 538 g/mol. The van der Waals surface area contributed by atoms with Crippen molar-refractivity contribution in [2.45, 2.75) is 49.6 Å². The number of likely N-dealkylation sites (tertiary alicyclic amines) is 1. The van der Waals surface area contributed by atoms with Gasteiger partial charge in [-0.3, -0.25) is 14.6 Å². The maximum absolute atomic E-state index is 13.5. The van der Waals surface area contributed by atoms with Crippen molar-refractivity contribution in [3.8, 4) is 0 Å². The van der Waals surface area contributed by atoms with Crippen molar-refractivity contribution >= 4 is 18.0 Å². The fourth-order valence-corrected chi connectivity index (χ4v) is 5.30. The summed E-state index contributed by atoms with van der Waals surface area (Å²) in [6, 6.07) is 9.40. The normalized spacial score (nSPS) is 23.6. The summed E-state index contributed by atoms with van der Waals surface area (Å²) in [6.07, 6.45) is -4.18. The lowest BCUT2D eigenvalue weighted by molar-refractivity contribution is -0.143.